The summed E-state index contributed by atoms with van der Waals surface area (Å²) in [5.74, 6) is 0.0832. The molecule has 5 heteroatoms. The van der Waals surface area contributed by atoms with E-state index in [9.17, 15) is 8.42 Å². The molecule has 0 unspecified atom stereocenters. The zero-order valence-corrected chi connectivity index (χ0v) is 10.8. The molecule has 0 saturated heterocycles. The van der Waals surface area contributed by atoms with E-state index in [2.05, 4.69) is 9.71 Å². The lowest BCUT2D eigenvalue weighted by atomic mass is 10.3. The average molecular weight is 254 g/mol. The van der Waals surface area contributed by atoms with Crippen LogP contribution >= 0.6 is 0 Å². The Hall–Kier alpha value is -1.20. The van der Waals surface area contributed by atoms with Crippen LogP contribution < -0.4 is 4.72 Å². The fraction of sp³-hybridized carbons (Fsp3) is 0.417. The molecule has 0 atom stereocenters. The number of pyridine rings is 1. The number of sulfonamides is 1. The van der Waals surface area contributed by atoms with E-state index < -0.39 is 10.0 Å². The molecule has 0 fully saturated rings. The first-order chi connectivity index (χ1) is 8.14. The maximum Gasteiger partial charge on any atom is 0.211 e. The van der Waals surface area contributed by atoms with Gasteiger partial charge in [0.2, 0.25) is 10.0 Å². The highest BCUT2D eigenvalue weighted by Gasteiger charge is 2.09. The predicted octanol–water partition coefficient (Wildman–Crippen LogP) is 1.51. The van der Waals surface area contributed by atoms with Gasteiger partial charge in [-0.3, -0.25) is 4.98 Å². The van der Waals surface area contributed by atoms with Crippen LogP contribution in [0.5, 0.6) is 0 Å². The van der Waals surface area contributed by atoms with Gasteiger partial charge in [-0.25, -0.2) is 13.1 Å². The smallest absolute Gasteiger partial charge is 0.211 e. The minimum absolute atomic E-state index is 0.0832. The summed E-state index contributed by atoms with van der Waals surface area (Å²) in [7, 11) is -3.18. The molecular weight excluding hydrogens is 236 g/mol. The molecule has 0 aliphatic rings. The van der Waals surface area contributed by atoms with E-state index in [0.29, 0.717) is 13.0 Å². The fourth-order valence-electron chi connectivity index (χ4n) is 1.32. The number of hydrogen-bond donors (Lipinski definition) is 1. The van der Waals surface area contributed by atoms with Gasteiger partial charge >= 0.3 is 0 Å². The summed E-state index contributed by atoms with van der Waals surface area (Å²) in [6.07, 6.45) is 6.67. The summed E-state index contributed by atoms with van der Waals surface area (Å²) in [4.78, 5) is 4.09. The average Bonchev–Trinajstić information content (AvgIpc) is 2.34. The zero-order chi connectivity index (χ0) is 12.6. The first-order valence-electron chi connectivity index (χ1n) is 5.62. The van der Waals surface area contributed by atoms with Crippen molar-refractivity contribution in [1.29, 1.82) is 0 Å². The van der Waals surface area contributed by atoms with Gasteiger partial charge in [0, 0.05) is 24.9 Å². The van der Waals surface area contributed by atoms with E-state index in [1.54, 1.807) is 6.20 Å². The Morgan fingerprint density at radius 2 is 2.24 bits per heavy atom. The van der Waals surface area contributed by atoms with E-state index in [1.165, 1.54) is 0 Å². The van der Waals surface area contributed by atoms with E-state index in [0.717, 1.165) is 12.1 Å². The third-order valence-corrected chi connectivity index (χ3v) is 3.61. The summed E-state index contributed by atoms with van der Waals surface area (Å²) in [5, 5.41) is 0. The van der Waals surface area contributed by atoms with Crippen LogP contribution in [-0.2, 0) is 16.4 Å². The monoisotopic (exact) mass is 254 g/mol. The van der Waals surface area contributed by atoms with Gasteiger partial charge < -0.3 is 0 Å². The third-order valence-electron chi connectivity index (χ3n) is 2.22. The van der Waals surface area contributed by atoms with Crippen molar-refractivity contribution in [3.05, 3.63) is 42.2 Å². The second kappa shape index (κ2) is 7.19. The van der Waals surface area contributed by atoms with Crippen molar-refractivity contribution in [1.82, 2.24) is 9.71 Å². The molecule has 0 aromatic carbocycles. The normalized spacial score (nSPS) is 12.1. The van der Waals surface area contributed by atoms with Crippen LogP contribution in [0.3, 0.4) is 0 Å². The lowest BCUT2D eigenvalue weighted by molar-refractivity contribution is 0.581. The van der Waals surface area contributed by atoms with E-state index in [1.807, 2.05) is 37.3 Å². The maximum atomic E-state index is 11.6. The summed E-state index contributed by atoms with van der Waals surface area (Å²) < 4.78 is 25.8. The predicted molar refractivity (Wildman–Crippen MR) is 69.2 cm³/mol. The second-order valence-corrected chi connectivity index (χ2v) is 5.57. The maximum absolute atomic E-state index is 11.6. The standard InChI is InChI=1S/C12H18N2O2S/c1-2-3-5-10-14-17(15,16)11-8-12-7-4-6-9-13-12/h2-4,6-7,9,14H,5,8,10-11H2,1H3/b3-2+. The number of nitrogens with zero attached hydrogens (tertiary/aromatic N) is 1. The fourth-order valence-corrected chi connectivity index (χ4v) is 2.37. The molecule has 17 heavy (non-hydrogen) atoms. The molecule has 4 nitrogen and oxygen atoms in total. The van der Waals surface area contributed by atoms with E-state index in [-0.39, 0.29) is 5.75 Å². The van der Waals surface area contributed by atoms with Gasteiger partial charge in [-0.1, -0.05) is 18.2 Å². The molecule has 0 spiro atoms. The summed E-state index contributed by atoms with van der Waals surface area (Å²) >= 11 is 0. The highest BCUT2D eigenvalue weighted by atomic mass is 32.2. The number of rotatable bonds is 7. The van der Waals surface area contributed by atoms with Gasteiger partial charge in [0.15, 0.2) is 0 Å². The molecule has 0 bridgehead atoms. The van der Waals surface area contributed by atoms with Crippen LogP contribution in [0.15, 0.2) is 36.5 Å². The highest BCUT2D eigenvalue weighted by molar-refractivity contribution is 7.89. The van der Waals surface area contributed by atoms with Crippen molar-refractivity contribution in [2.75, 3.05) is 12.3 Å². The number of nitrogens with one attached hydrogen (secondary N) is 1. The molecular formula is C12H18N2O2S. The SMILES string of the molecule is C/C=C/CCNS(=O)(=O)CCc1ccccn1. The molecule has 0 amide bonds. The summed E-state index contributed by atoms with van der Waals surface area (Å²) in [6, 6.07) is 5.50. The van der Waals surface area contributed by atoms with Crippen LogP contribution in [0, 0.1) is 0 Å². The minimum Gasteiger partial charge on any atom is -0.261 e. The van der Waals surface area contributed by atoms with Crippen molar-refractivity contribution in [2.45, 2.75) is 19.8 Å². The molecule has 0 aliphatic heterocycles. The molecule has 0 radical (unpaired) electrons. The molecule has 1 N–H and O–H groups in total. The molecule has 1 aromatic rings. The van der Waals surface area contributed by atoms with Gasteiger partial charge in [-0.2, -0.15) is 0 Å². The van der Waals surface area contributed by atoms with Crippen LogP contribution in [-0.4, -0.2) is 25.7 Å². The lowest BCUT2D eigenvalue weighted by Crippen LogP contribution is -2.28. The van der Waals surface area contributed by atoms with Crippen molar-refractivity contribution in [2.24, 2.45) is 0 Å². The Balaban J connectivity index is 2.34. The van der Waals surface area contributed by atoms with Crippen LogP contribution in [0.2, 0.25) is 0 Å². The Bertz CT molecular complexity index is 441. The number of aryl methyl sites for hydroxylation is 1. The number of hydrogen-bond acceptors (Lipinski definition) is 3. The Labute approximate surface area is 103 Å². The van der Waals surface area contributed by atoms with E-state index in [4.69, 9.17) is 0 Å². The Morgan fingerprint density at radius 1 is 1.41 bits per heavy atom. The Kier molecular flexibility index (Phi) is 5.86. The molecule has 1 heterocycles. The Morgan fingerprint density at radius 3 is 2.88 bits per heavy atom. The van der Waals surface area contributed by atoms with Crippen molar-refractivity contribution in [3.63, 3.8) is 0 Å². The second-order valence-electron chi connectivity index (χ2n) is 3.64. The molecule has 94 valence electrons. The largest absolute Gasteiger partial charge is 0.261 e. The third kappa shape index (κ3) is 6.19. The van der Waals surface area contributed by atoms with Gasteiger partial charge in [-0.05, 0) is 25.5 Å². The van der Waals surface area contributed by atoms with Crippen molar-refractivity contribution < 1.29 is 8.42 Å². The molecule has 0 saturated carbocycles. The first kappa shape index (κ1) is 13.9. The number of aromatic nitrogens is 1. The van der Waals surface area contributed by atoms with Gasteiger partial charge in [-0.15, -0.1) is 0 Å². The topological polar surface area (TPSA) is 59.1 Å². The van der Waals surface area contributed by atoms with Gasteiger partial charge in [0.1, 0.15) is 0 Å². The van der Waals surface area contributed by atoms with Crippen molar-refractivity contribution >= 4 is 10.0 Å². The minimum atomic E-state index is -3.18. The summed E-state index contributed by atoms with van der Waals surface area (Å²) in [5.41, 5.74) is 0.798. The number of allylic oxidation sites excluding steroid dienone is 1. The quantitative estimate of drug-likeness (QED) is 0.592. The van der Waals surface area contributed by atoms with Crippen LogP contribution in [0.1, 0.15) is 19.0 Å². The zero-order valence-electron chi connectivity index (χ0n) is 9.96. The van der Waals surface area contributed by atoms with Gasteiger partial charge in [0.05, 0.1) is 5.75 Å². The van der Waals surface area contributed by atoms with E-state index >= 15 is 0 Å². The highest BCUT2D eigenvalue weighted by Crippen LogP contribution is 1.97. The molecule has 0 aliphatic carbocycles. The summed E-state index contributed by atoms with van der Waals surface area (Å²) in [6.45, 7) is 2.37. The first-order valence-corrected chi connectivity index (χ1v) is 7.27. The van der Waals surface area contributed by atoms with Crippen LogP contribution in [0.25, 0.3) is 0 Å². The van der Waals surface area contributed by atoms with Gasteiger partial charge in [0.25, 0.3) is 0 Å². The lowest BCUT2D eigenvalue weighted by Gasteiger charge is -2.04. The molecule has 1 aromatic heterocycles. The van der Waals surface area contributed by atoms with Crippen molar-refractivity contribution in [3.8, 4) is 0 Å². The van der Waals surface area contributed by atoms with Crippen LogP contribution in [0.4, 0.5) is 0 Å². The molecule has 1 rings (SSSR count).